The van der Waals surface area contributed by atoms with Crippen LogP contribution in [0.3, 0.4) is 0 Å². The fraction of sp³-hybridized carbons (Fsp3) is 0.130. The lowest BCUT2D eigenvalue weighted by atomic mass is 10.1. The highest BCUT2D eigenvalue weighted by atomic mass is 79.9. The van der Waals surface area contributed by atoms with E-state index >= 15 is 0 Å². The van der Waals surface area contributed by atoms with Gasteiger partial charge in [0, 0.05) is 28.7 Å². The molecule has 0 aliphatic heterocycles. The third-order valence-electron chi connectivity index (χ3n) is 4.30. The van der Waals surface area contributed by atoms with E-state index in [1.807, 2.05) is 54.6 Å². The second kappa shape index (κ2) is 9.85. The molecule has 0 fully saturated rings. The maximum atomic E-state index is 12.2. The fourth-order valence-corrected chi connectivity index (χ4v) is 3.15. The van der Waals surface area contributed by atoms with E-state index in [4.69, 9.17) is 0 Å². The average Bonchev–Trinajstić information content (AvgIpc) is 2.73. The summed E-state index contributed by atoms with van der Waals surface area (Å²) in [6.45, 7) is 0.995. The first-order valence-electron chi connectivity index (χ1n) is 9.06. The number of halogens is 1. The van der Waals surface area contributed by atoms with Crippen LogP contribution in [0.1, 0.15) is 31.8 Å². The van der Waals surface area contributed by atoms with Crippen LogP contribution in [0.5, 0.6) is 0 Å². The largest absolute Gasteiger partial charge is 0.352 e. The van der Waals surface area contributed by atoms with E-state index in [9.17, 15) is 9.59 Å². The molecule has 2 amide bonds. The minimum atomic E-state index is -0.135. The average molecular weight is 437 g/mol. The van der Waals surface area contributed by atoms with Crippen molar-refractivity contribution < 1.29 is 9.59 Å². The van der Waals surface area contributed by atoms with Crippen molar-refractivity contribution in [3.05, 3.63) is 106 Å². The Balaban J connectivity index is 1.47. The van der Waals surface area contributed by atoms with E-state index in [1.165, 1.54) is 5.56 Å². The maximum absolute atomic E-state index is 12.2. The Morgan fingerprint density at radius 1 is 0.714 bits per heavy atom. The van der Waals surface area contributed by atoms with Crippen LogP contribution >= 0.6 is 15.9 Å². The number of carbonyl (C=O) groups is 2. The van der Waals surface area contributed by atoms with Crippen LogP contribution in [0.2, 0.25) is 0 Å². The zero-order valence-electron chi connectivity index (χ0n) is 15.3. The van der Waals surface area contributed by atoms with Crippen molar-refractivity contribution >= 4 is 27.7 Å². The van der Waals surface area contributed by atoms with Gasteiger partial charge in [-0.1, -0.05) is 64.5 Å². The lowest BCUT2D eigenvalue weighted by molar-refractivity contribution is 0.0943. The molecular formula is C23H21BrN2O2. The van der Waals surface area contributed by atoms with Crippen molar-refractivity contribution in [2.45, 2.75) is 13.0 Å². The summed E-state index contributed by atoms with van der Waals surface area (Å²) in [5.74, 6) is -0.232. The van der Waals surface area contributed by atoms with Gasteiger partial charge in [-0.15, -0.1) is 0 Å². The van der Waals surface area contributed by atoms with Crippen molar-refractivity contribution in [3.8, 4) is 0 Å². The molecular weight excluding hydrogens is 416 g/mol. The summed E-state index contributed by atoms with van der Waals surface area (Å²) < 4.78 is 0.864. The summed E-state index contributed by atoms with van der Waals surface area (Å²) in [5.41, 5.74) is 3.34. The first-order valence-corrected chi connectivity index (χ1v) is 9.86. The predicted octanol–water partition coefficient (Wildman–Crippen LogP) is 4.35. The molecule has 3 rings (SSSR count). The Kier molecular flexibility index (Phi) is 6.98. The monoisotopic (exact) mass is 436 g/mol. The normalized spacial score (nSPS) is 10.3. The highest BCUT2D eigenvalue weighted by molar-refractivity contribution is 9.10. The minimum Gasteiger partial charge on any atom is -0.352 e. The molecule has 0 radical (unpaired) electrons. The molecule has 0 saturated heterocycles. The molecule has 0 heterocycles. The second-order valence-corrected chi connectivity index (χ2v) is 7.30. The standard InChI is InChI=1S/C23H21BrN2O2/c24-21-8-4-7-20(15-21)23(28)26-16-18-9-11-19(12-10-18)22(27)25-14-13-17-5-2-1-3-6-17/h1-12,15H,13-14,16H2,(H,25,27)(H,26,28). The van der Waals surface area contributed by atoms with Gasteiger partial charge in [0.05, 0.1) is 0 Å². The summed E-state index contributed by atoms with van der Waals surface area (Å²) in [6, 6.07) is 24.6. The molecule has 2 N–H and O–H groups in total. The molecule has 3 aromatic carbocycles. The number of rotatable bonds is 7. The van der Waals surface area contributed by atoms with E-state index < -0.39 is 0 Å². The lowest BCUT2D eigenvalue weighted by Gasteiger charge is -2.08. The SMILES string of the molecule is O=C(NCCc1ccccc1)c1ccc(CNC(=O)c2cccc(Br)c2)cc1. The third-order valence-corrected chi connectivity index (χ3v) is 4.79. The zero-order chi connectivity index (χ0) is 19.8. The third kappa shape index (κ3) is 5.79. The second-order valence-electron chi connectivity index (χ2n) is 6.38. The van der Waals surface area contributed by atoms with Crippen LogP contribution in [0.4, 0.5) is 0 Å². The van der Waals surface area contributed by atoms with Gasteiger partial charge in [-0.05, 0) is 47.9 Å². The smallest absolute Gasteiger partial charge is 0.251 e. The Labute approximate surface area is 173 Å². The summed E-state index contributed by atoms with van der Waals surface area (Å²) in [5, 5.41) is 5.81. The number of carbonyl (C=O) groups excluding carboxylic acids is 2. The molecule has 3 aromatic rings. The highest BCUT2D eigenvalue weighted by Gasteiger charge is 2.07. The number of nitrogens with one attached hydrogen (secondary N) is 2. The van der Waals surface area contributed by atoms with Crippen LogP contribution in [-0.4, -0.2) is 18.4 Å². The Bertz CT molecular complexity index is 940. The summed E-state index contributed by atoms with van der Waals surface area (Å²) in [6.07, 6.45) is 0.798. The molecule has 0 aromatic heterocycles. The number of benzene rings is 3. The molecule has 0 bridgehead atoms. The zero-order valence-corrected chi connectivity index (χ0v) is 16.9. The van der Waals surface area contributed by atoms with E-state index in [2.05, 4.69) is 26.6 Å². The van der Waals surface area contributed by atoms with Crippen LogP contribution < -0.4 is 10.6 Å². The van der Waals surface area contributed by atoms with Gasteiger partial charge >= 0.3 is 0 Å². The van der Waals surface area contributed by atoms with Gasteiger partial charge in [0.1, 0.15) is 0 Å². The molecule has 0 saturated carbocycles. The molecule has 0 atom stereocenters. The Hall–Kier alpha value is -2.92. The van der Waals surface area contributed by atoms with Gasteiger partial charge in [0.2, 0.25) is 0 Å². The van der Waals surface area contributed by atoms with Gasteiger partial charge in [-0.25, -0.2) is 0 Å². The number of amides is 2. The molecule has 0 aliphatic rings. The van der Waals surface area contributed by atoms with Crippen LogP contribution in [0, 0.1) is 0 Å². The van der Waals surface area contributed by atoms with Gasteiger partial charge in [-0.3, -0.25) is 9.59 Å². The molecule has 0 spiro atoms. The summed E-state index contributed by atoms with van der Waals surface area (Å²) in [7, 11) is 0. The number of hydrogen-bond acceptors (Lipinski definition) is 2. The lowest BCUT2D eigenvalue weighted by Crippen LogP contribution is -2.26. The quantitative estimate of drug-likeness (QED) is 0.578. The predicted molar refractivity (Wildman–Crippen MR) is 114 cm³/mol. The van der Waals surface area contributed by atoms with Gasteiger partial charge in [-0.2, -0.15) is 0 Å². The van der Waals surface area contributed by atoms with Crippen molar-refractivity contribution in [2.24, 2.45) is 0 Å². The highest BCUT2D eigenvalue weighted by Crippen LogP contribution is 2.12. The topological polar surface area (TPSA) is 58.2 Å². The molecule has 142 valence electrons. The Morgan fingerprint density at radius 3 is 2.14 bits per heavy atom. The van der Waals surface area contributed by atoms with E-state index in [1.54, 1.807) is 24.3 Å². The van der Waals surface area contributed by atoms with Crippen LogP contribution in [0.25, 0.3) is 0 Å². The van der Waals surface area contributed by atoms with Crippen molar-refractivity contribution in [1.82, 2.24) is 10.6 Å². The molecule has 28 heavy (non-hydrogen) atoms. The molecule has 0 aliphatic carbocycles. The van der Waals surface area contributed by atoms with Crippen molar-refractivity contribution in [3.63, 3.8) is 0 Å². The molecule has 5 heteroatoms. The minimum absolute atomic E-state index is 0.0966. The van der Waals surface area contributed by atoms with Crippen molar-refractivity contribution in [2.75, 3.05) is 6.54 Å². The first-order chi connectivity index (χ1) is 13.6. The maximum Gasteiger partial charge on any atom is 0.251 e. The van der Waals surface area contributed by atoms with Gasteiger partial charge < -0.3 is 10.6 Å². The van der Waals surface area contributed by atoms with Crippen LogP contribution in [0.15, 0.2) is 83.3 Å². The molecule has 4 nitrogen and oxygen atoms in total. The van der Waals surface area contributed by atoms with E-state index in [-0.39, 0.29) is 11.8 Å². The first kappa shape index (κ1) is 19.8. The van der Waals surface area contributed by atoms with Gasteiger partial charge in [0.15, 0.2) is 0 Å². The molecule has 0 unspecified atom stereocenters. The fourth-order valence-electron chi connectivity index (χ4n) is 2.76. The van der Waals surface area contributed by atoms with Gasteiger partial charge in [0.25, 0.3) is 11.8 Å². The summed E-state index contributed by atoms with van der Waals surface area (Å²) in [4.78, 5) is 24.4. The summed E-state index contributed by atoms with van der Waals surface area (Å²) >= 11 is 3.36. The van der Waals surface area contributed by atoms with Crippen molar-refractivity contribution in [1.29, 1.82) is 0 Å². The van der Waals surface area contributed by atoms with Crippen LogP contribution in [-0.2, 0) is 13.0 Å². The number of hydrogen-bond donors (Lipinski definition) is 2. The van der Waals surface area contributed by atoms with E-state index in [0.29, 0.717) is 24.2 Å². The Morgan fingerprint density at radius 2 is 1.43 bits per heavy atom. The van der Waals surface area contributed by atoms with E-state index in [0.717, 1.165) is 16.5 Å².